The van der Waals surface area contributed by atoms with Crippen LogP contribution in [0, 0.1) is 0 Å². The number of nitrogens with zero attached hydrogens (tertiary/aromatic N) is 1. The number of carbonyl (C=O) groups is 1. The van der Waals surface area contributed by atoms with E-state index in [0.717, 1.165) is 11.6 Å². The first-order chi connectivity index (χ1) is 14.7. The van der Waals surface area contributed by atoms with Gasteiger partial charge >= 0.3 is 5.97 Å². The average Bonchev–Trinajstić information content (AvgIpc) is 2.73. The van der Waals surface area contributed by atoms with Gasteiger partial charge in [-0.3, -0.25) is 4.79 Å². The van der Waals surface area contributed by atoms with Gasteiger partial charge in [-0.2, -0.15) is 0 Å². The zero-order valence-electron chi connectivity index (χ0n) is 16.4. The number of carboxylic acid groups (broad SMARTS) is 1. The van der Waals surface area contributed by atoms with Crippen molar-refractivity contribution in [2.45, 2.75) is 18.0 Å². The zero-order valence-corrected chi connectivity index (χ0v) is 18.0. The fraction of sp³-hybridized carbons (Fsp3) is 0.143. The van der Waals surface area contributed by atoms with Crippen molar-refractivity contribution in [1.82, 2.24) is 9.29 Å². The molecule has 0 aliphatic heterocycles. The van der Waals surface area contributed by atoms with Gasteiger partial charge in [-0.15, -0.1) is 0 Å². The van der Waals surface area contributed by atoms with Gasteiger partial charge in [0.1, 0.15) is 6.61 Å². The summed E-state index contributed by atoms with van der Waals surface area (Å²) in [5.41, 5.74) is -0.107. The minimum Gasteiger partial charge on any atom is -0.482 e. The van der Waals surface area contributed by atoms with Gasteiger partial charge in [0.05, 0.1) is 11.4 Å². The number of benzene rings is 2. The molecule has 0 saturated heterocycles. The monoisotopic (exact) mass is 462 g/mol. The number of ether oxygens (including phenoxy) is 1. The molecule has 0 aliphatic carbocycles. The molecule has 2 aromatic carbocycles. The summed E-state index contributed by atoms with van der Waals surface area (Å²) in [4.78, 5) is 24.4. The van der Waals surface area contributed by atoms with E-state index in [-0.39, 0.29) is 35.2 Å². The quantitative estimate of drug-likeness (QED) is 0.532. The highest BCUT2D eigenvalue weighted by Crippen LogP contribution is 2.18. The molecule has 0 atom stereocenters. The highest BCUT2D eigenvalue weighted by Gasteiger charge is 2.22. The number of aromatic nitrogens is 1. The van der Waals surface area contributed by atoms with Crippen LogP contribution in [0.5, 0.6) is 5.75 Å². The maximum absolute atomic E-state index is 12.6. The van der Waals surface area contributed by atoms with Crippen LogP contribution in [0.2, 0.25) is 5.02 Å². The Bertz CT molecular complexity index is 1260. The number of hydrogen-bond donors (Lipinski definition) is 2. The topological polar surface area (TPSA) is 115 Å². The third-order valence-electron chi connectivity index (χ3n) is 4.50. The first kappa shape index (κ1) is 22.5. The number of rotatable bonds is 8. The number of pyridine rings is 1. The molecule has 0 bridgehead atoms. The molecule has 0 unspecified atom stereocenters. The highest BCUT2D eigenvalue weighted by atomic mass is 35.5. The van der Waals surface area contributed by atoms with Crippen molar-refractivity contribution < 1.29 is 23.1 Å². The Balaban J connectivity index is 1.87. The van der Waals surface area contributed by atoms with Crippen molar-refractivity contribution in [2.75, 3.05) is 0 Å². The standard InChI is InChI=1S/C21H19ClN2O6S/c1-24-16(12-23-31(28,29)17-9-7-15(22)8-10-17)11-18(25)20(19(24)21(26)27)30-13-14-5-3-2-4-6-14/h2-11,23H,12-13H2,1H3,(H,26,27). The van der Waals surface area contributed by atoms with Crippen LogP contribution in [-0.2, 0) is 30.2 Å². The largest absolute Gasteiger partial charge is 0.482 e. The zero-order chi connectivity index (χ0) is 22.6. The molecule has 1 heterocycles. The van der Waals surface area contributed by atoms with Gasteiger partial charge in [0.2, 0.25) is 15.5 Å². The lowest BCUT2D eigenvalue weighted by Crippen LogP contribution is -2.28. The molecule has 0 radical (unpaired) electrons. The summed E-state index contributed by atoms with van der Waals surface area (Å²) in [6.07, 6.45) is 0. The number of aromatic carboxylic acids is 1. The van der Waals surface area contributed by atoms with Gasteiger partial charge in [0.15, 0.2) is 11.4 Å². The summed E-state index contributed by atoms with van der Waals surface area (Å²) in [5, 5.41) is 10.0. The molecule has 0 amide bonds. The van der Waals surface area contributed by atoms with E-state index in [0.29, 0.717) is 5.02 Å². The molecule has 0 fully saturated rings. The molecule has 3 rings (SSSR count). The van der Waals surface area contributed by atoms with E-state index in [1.807, 2.05) is 6.07 Å². The van der Waals surface area contributed by atoms with Gasteiger partial charge in [-0.05, 0) is 29.8 Å². The molecule has 10 heteroatoms. The van der Waals surface area contributed by atoms with Crippen LogP contribution >= 0.6 is 11.6 Å². The van der Waals surface area contributed by atoms with Gasteiger partial charge in [-0.25, -0.2) is 17.9 Å². The Labute approximate surface area is 183 Å². The molecular weight excluding hydrogens is 444 g/mol. The Morgan fingerprint density at radius 3 is 2.39 bits per heavy atom. The predicted octanol–water partition coefficient (Wildman–Crippen LogP) is 2.79. The van der Waals surface area contributed by atoms with Crippen molar-refractivity contribution in [2.24, 2.45) is 7.05 Å². The van der Waals surface area contributed by atoms with Gasteiger partial charge in [-0.1, -0.05) is 41.9 Å². The third-order valence-corrected chi connectivity index (χ3v) is 6.17. The van der Waals surface area contributed by atoms with E-state index in [2.05, 4.69) is 4.72 Å². The Hall–Kier alpha value is -3.14. The average molecular weight is 463 g/mol. The normalized spacial score (nSPS) is 11.3. The van der Waals surface area contributed by atoms with E-state index in [1.54, 1.807) is 24.3 Å². The Kier molecular flexibility index (Phi) is 6.79. The van der Waals surface area contributed by atoms with Gasteiger partial charge in [0.25, 0.3) is 0 Å². The van der Waals surface area contributed by atoms with E-state index in [9.17, 15) is 23.1 Å². The van der Waals surface area contributed by atoms with Crippen LogP contribution in [0.4, 0.5) is 0 Å². The highest BCUT2D eigenvalue weighted by molar-refractivity contribution is 7.89. The maximum Gasteiger partial charge on any atom is 0.356 e. The molecule has 0 aliphatic rings. The minimum absolute atomic E-state index is 0.0110. The third kappa shape index (κ3) is 5.32. The number of sulfonamides is 1. The van der Waals surface area contributed by atoms with E-state index in [1.165, 1.54) is 35.9 Å². The molecule has 0 saturated carbocycles. The second kappa shape index (κ2) is 9.34. The minimum atomic E-state index is -3.90. The fourth-order valence-corrected chi connectivity index (χ4v) is 4.00. The van der Waals surface area contributed by atoms with E-state index >= 15 is 0 Å². The SMILES string of the molecule is Cn1c(CNS(=O)(=O)c2ccc(Cl)cc2)cc(=O)c(OCc2ccccc2)c1C(=O)O. The molecule has 162 valence electrons. The van der Waals surface area contributed by atoms with Gasteiger partial charge in [0, 0.05) is 23.8 Å². The van der Waals surface area contributed by atoms with Crippen molar-refractivity contribution in [3.8, 4) is 5.75 Å². The number of hydrogen-bond acceptors (Lipinski definition) is 5. The maximum atomic E-state index is 12.6. The van der Waals surface area contributed by atoms with Gasteiger partial charge < -0.3 is 14.4 Å². The summed E-state index contributed by atoms with van der Waals surface area (Å²) in [6, 6.07) is 15.7. The van der Waals surface area contributed by atoms with Crippen LogP contribution in [0.3, 0.4) is 0 Å². The second-order valence-corrected chi connectivity index (χ2v) is 8.80. The summed E-state index contributed by atoms with van der Waals surface area (Å²) < 4.78 is 34.0. The molecule has 0 spiro atoms. The summed E-state index contributed by atoms with van der Waals surface area (Å²) in [5.74, 6) is -1.69. The van der Waals surface area contributed by atoms with Crippen LogP contribution in [-0.4, -0.2) is 24.1 Å². The lowest BCUT2D eigenvalue weighted by Gasteiger charge is -2.16. The van der Waals surface area contributed by atoms with Crippen molar-refractivity contribution in [3.05, 3.63) is 92.9 Å². The van der Waals surface area contributed by atoms with Crippen molar-refractivity contribution >= 4 is 27.6 Å². The van der Waals surface area contributed by atoms with Crippen LogP contribution < -0.4 is 14.9 Å². The summed E-state index contributed by atoms with van der Waals surface area (Å²) in [6.45, 7) is -0.283. The number of carboxylic acids is 1. The molecule has 1 aromatic heterocycles. The lowest BCUT2D eigenvalue weighted by molar-refractivity contribution is 0.0678. The van der Waals surface area contributed by atoms with Crippen molar-refractivity contribution in [3.63, 3.8) is 0 Å². The number of nitrogens with one attached hydrogen (secondary N) is 1. The Morgan fingerprint density at radius 1 is 1.13 bits per heavy atom. The van der Waals surface area contributed by atoms with Crippen LogP contribution in [0.25, 0.3) is 0 Å². The number of halogens is 1. The molecule has 3 aromatic rings. The van der Waals surface area contributed by atoms with E-state index in [4.69, 9.17) is 16.3 Å². The second-order valence-electron chi connectivity index (χ2n) is 6.59. The van der Waals surface area contributed by atoms with Crippen LogP contribution in [0.15, 0.2) is 70.4 Å². The predicted molar refractivity (Wildman–Crippen MR) is 115 cm³/mol. The first-order valence-corrected chi connectivity index (χ1v) is 10.9. The first-order valence-electron chi connectivity index (χ1n) is 9.07. The fourth-order valence-electron chi connectivity index (χ4n) is 2.87. The Morgan fingerprint density at radius 2 is 1.77 bits per heavy atom. The van der Waals surface area contributed by atoms with Crippen molar-refractivity contribution in [1.29, 1.82) is 0 Å². The lowest BCUT2D eigenvalue weighted by atomic mass is 10.2. The molecule has 2 N–H and O–H groups in total. The molecular formula is C21H19ClN2O6S. The molecule has 31 heavy (non-hydrogen) atoms. The summed E-state index contributed by atoms with van der Waals surface area (Å²) in [7, 11) is -2.48. The van der Waals surface area contributed by atoms with E-state index < -0.39 is 21.4 Å². The van der Waals surface area contributed by atoms with Crippen LogP contribution in [0.1, 0.15) is 21.7 Å². The molecule has 8 nitrogen and oxygen atoms in total. The summed E-state index contributed by atoms with van der Waals surface area (Å²) >= 11 is 5.78. The smallest absolute Gasteiger partial charge is 0.356 e.